The Balaban J connectivity index is 1.39. The van der Waals surface area contributed by atoms with Crippen molar-refractivity contribution in [2.24, 2.45) is 0 Å². The average Bonchev–Trinajstić information content (AvgIpc) is 3.37. The minimum atomic E-state index is -0.819. The van der Waals surface area contributed by atoms with Gasteiger partial charge in [0.05, 0.1) is 21.8 Å². The Morgan fingerprint density at radius 1 is 1.09 bits per heavy atom. The number of fused-ring (bicyclic) bond motifs is 1. The second-order valence-electron chi connectivity index (χ2n) is 7.81. The zero-order chi connectivity index (χ0) is 23.4. The minimum Gasteiger partial charge on any atom is -0.354 e. The number of aromatic nitrogens is 1. The van der Waals surface area contributed by atoms with E-state index in [2.05, 4.69) is 10.3 Å². The number of benzene rings is 2. The van der Waals surface area contributed by atoms with E-state index in [-0.39, 0.29) is 5.91 Å². The van der Waals surface area contributed by atoms with Gasteiger partial charge in [0.15, 0.2) is 0 Å². The number of carbonyl (C=O) groups is 3. The highest BCUT2D eigenvalue weighted by atomic mass is 32.2. The highest BCUT2D eigenvalue weighted by Crippen LogP contribution is 2.26. The predicted molar refractivity (Wildman–Crippen MR) is 133 cm³/mol. The fourth-order valence-corrected chi connectivity index (χ4v) is 4.96. The van der Waals surface area contributed by atoms with Gasteiger partial charge in [0.1, 0.15) is 6.04 Å². The first-order chi connectivity index (χ1) is 16.0. The van der Waals surface area contributed by atoms with Crippen LogP contribution in [0.1, 0.15) is 37.7 Å². The maximum Gasteiger partial charge on any atom is 0.262 e. The van der Waals surface area contributed by atoms with Crippen LogP contribution in [0.25, 0.3) is 11.3 Å². The van der Waals surface area contributed by atoms with E-state index >= 15 is 0 Å². The van der Waals surface area contributed by atoms with E-state index < -0.39 is 17.9 Å². The topological polar surface area (TPSA) is 79.4 Å². The van der Waals surface area contributed by atoms with Gasteiger partial charge >= 0.3 is 0 Å². The Labute approximate surface area is 201 Å². The van der Waals surface area contributed by atoms with Crippen LogP contribution in [0, 0.1) is 6.92 Å². The first-order valence-electron chi connectivity index (χ1n) is 10.7. The molecule has 8 heteroatoms. The number of hydrogen-bond acceptors (Lipinski definition) is 6. The van der Waals surface area contributed by atoms with Crippen LogP contribution in [0.2, 0.25) is 0 Å². The summed E-state index contributed by atoms with van der Waals surface area (Å²) in [5.74, 6) is -0.425. The lowest BCUT2D eigenvalue weighted by Crippen LogP contribution is -2.50. The number of thioether (sulfide) groups is 1. The van der Waals surface area contributed by atoms with Crippen LogP contribution in [0.3, 0.4) is 0 Å². The van der Waals surface area contributed by atoms with Crippen LogP contribution in [0.4, 0.5) is 0 Å². The van der Waals surface area contributed by atoms with Gasteiger partial charge in [-0.25, -0.2) is 4.98 Å². The number of thiazole rings is 1. The van der Waals surface area contributed by atoms with Crippen LogP contribution >= 0.6 is 23.1 Å². The van der Waals surface area contributed by atoms with Crippen molar-refractivity contribution in [1.82, 2.24) is 15.2 Å². The normalized spacial score (nSPS) is 13.8. The summed E-state index contributed by atoms with van der Waals surface area (Å²) in [6.07, 6.45) is 3.01. The van der Waals surface area contributed by atoms with Gasteiger partial charge in [-0.1, -0.05) is 36.4 Å². The van der Waals surface area contributed by atoms with Crippen molar-refractivity contribution in [2.45, 2.75) is 25.8 Å². The Kier molecular flexibility index (Phi) is 7.25. The molecule has 2 aromatic carbocycles. The fourth-order valence-electron chi connectivity index (χ4n) is 3.88. The number of nitrogens with one attached hydrogen (secondary N) is 1. The molecule has 1 atom stereocenters. The number of rotatable bonds is 9. The van der Waals surface area contributed by atoms with Crippen LogP contribution < -0.4 is 5.32 Å². The molecule has 1 aliphatic heterocycles. The highest BCUT2D eigenvalue weighted by molar-refractivity contribution is 7.98. The molecule has 3 amide bonds. The molecule has 4 rings (SSSR count). The highest BCUT2D eigenvalue weighted by Gasteiger charge is 2.42. The molecule has 0 bridgehead atoms. The minimum absolute atomic E-state index is 0.298. The van der Waals surface area contributed by atoms with Crippen LogP contribution in [-0.4, -0.2) is 52.2 Å². The number of nitrogens with zero attached hydrogens (tertiary/aromatic N) is 2. The van der Waals surface area contributed by atoms with E-state index in [9.17, 15) is 14.4 Å². The van der Waals surface area contributed by atoms with Crippen molar-refractivity contribution in [3.05, 3.63) is 75.6 Å². The molecular formula is C25H25N3O3S2. The lowest BCUT2D eigenvalue weighted by molar-refractivity contribution is -0.125. The summed E-state index contributed by atoms with van der Waals surface area (Å²) in [7, 11) is 0. The quantitative estimate of drug-likeness (QED) is 0.466. The standard InChI is InChI=1S/C25H25N3O3S2/c1-16-27-21(15-33-16)18-9-7-17(8-10-18)11-13-26-23(29)22(12-14-32-2)28-24(30)19-5-3-4-6-20(19)25(28)31/h3-10,15,22H,11-14H2,1-2H3,(H,26,29). The number of aryl methyl sites for hydroxylation is 1. The molecule has 170 valence electrons. The summed E-state index contributed by atoms with van der Waals surface area (Å²) >= 11 is 3.20. The average molecular weight is 480 g/mol. The van der Waals surface area contributed by atoms with Crippen LogP contribution in [0.15, 0.2) is 53.9 Å². The Bertz CT molecular complexity index is 1140. The molecule has 0 radical (unpaired) electrons. The second-order valence-corrected chi connectivity index (χ2v) is 9.86. The Morgan fingerprint density at radius 3 is 2.33 bits per heavy atom. The summed E-state index contributed by atoms with van der Waals surface area (Å²) in [5.41, 5.74) is 3.84. The number of carbonyl (C=O) groups excluding carboxylic acids is 3. The van der Waals surface area contributed by atoms with Crippen molar-refractivity contribution in [3.8, 4) is 11.3 Å². The van der Waals surface area contributed by atoms with Crippen LogP contribution in [-0.2, 0) is 11.2 Å². The van der Waals surface area contributed by atoms with Crippen molar-refractivity contribution >= 4 is 40.8 Å². The Morgan fingerprint density at radius 2 is 1.76 bits per heavy atom. The third kappa shape index (κ3) is 5.02. The van der Waals surface area contributed by atoms with E-state index in [1.807, 2.05) is 42.8 Å². The van der Waals surface area contributed by atoms with Crippen molar-refractivity contribution in [3.63, 3.8) is 0 Å². The molecule has 1 aliphatic rings. The zero-order valence-electron chi connectivity index (χ0n) is 18.5. The first kappa shape index (κ1) is 23.2. The van der Waals surface area contributed by atoms with E-state index in [4.69, 9.17) is 0 Å². The molecule has 2 heterocycles. The molecule has 1 N–H and O–H groups in total. The second kappa shape index (κ2) is 10.3. The molecule has 0 spiro atoms. The maximum absolute atomic E-state index is 13.0. The lowest BCUT2D eigenvalue weighted by atomic mass is 10.1. The van der Waals surface area contributed by atoms with Gasteiger partial charge < -0.3 is 5.32 Å². The summed E-state index contributed by atoms with van der Waals surface area (Å²) in [6, 6.07) is 14.0. The van der Waals surface area contributed by atoms with Gasteiger partial charge in [0.2, 0.25) is 5.91 Å². The van der Waals surface area contributed by atoms with Gasteiger partial charge in [-0.05, 0) is 49.5 Å². The molecular weight excluding hydrogens is 454 g/mol. The monoisotopic (exact) mass is 479 g/mol. The van der Waals surface area contributed by atoms with Gasteiger partial charge in [-0.2, -0.15) is 11.8 Å². The summed E-state index contributed by atoms with van der Waals surface area (Å²) in [6.45, 7) is 2.41. The zero-order valence-corrected chi connectivity index (χ0v) is 20.2. The van der Waals surface area contributed by atoms with Gasteiger partial charge in [0.25, 0.3) is 11.8 Å². The molecule has 1 aromatic heterocycles. The van der Waals surface area contributed by atoms with E-state index in [0.717, 1.165) is 26.7 Å². The molecule has 33 heavy (non-hydrogen) atoms. The first-order valence-corrected chi connectivity index (χ1v) is 13.0. The molecule has 3 aromatic rings. The molecule has 0 fully saturated rings. The smallest absolute Gasteiger partial charge is 0.262 e. The molecule has 0 aliphatic carbocycles. The van der Waals surface area contributed by atoms with E-state index in [0.29, 0.717) is 36.3 Å². The Hall–Kier alpha value is -2.97. The summed E-state index contributed by atoms with van der Waals surface area (Å²) in [4.78, 5) is 44.4. The third-order valence-electron chi connectivity index (χ3n) is 5.62. The lowest BCUT2D eigenvalue weighted by Gasteiger charge is -2.25. The van der Waals surface area contributed by atoms with Gasteiger partial charge in [-0.15, -0.1) is 11.3 Å². The van der Waals surface area contributed by atoms with E-state index in [1.54, 1.807) is 47.4 Å². The van der Waals surface area contributed by atoms with E-state index in [1.165, 1.54) is 0 Å². The van der Waals surface area contributed by atoms with Crippen molar-refractivity contribution in [2.75, 3.05) is 18.6 Å². The van der Waals surface area contributed by atoms with Crippen molar-refractivity contribution < 1.29 is 14.4 Å². The molecule has 0 saturated heterocycles. The predicted octanol–water partition coefficient (Wildman–Crippen LogP) is 4.20. The molecule has 6 nitrogen and oxygen atoms in total. The fraction of sp³-hybridized carbons (Fsp3) is 0.280. The van der Waals surface area contributed by atoms with Crippen molar-refractivity contribution in [1.29, 1.82) is 0 Å². The number of amides is 3. The SMILES string of the molecule is CSCCC(C(=O)NCCc1ccc(-c2csc(C)n2)cc1)N1C(=O)c2ccccc2C1=O. The van der Waals surface area contributed by atoms with Gasteiger partial charge in [0, 0.05) is 17.5 Å². The number of hydrogen-bond donors (Lipinski definition) is 1. The summed E-state index contributed by atoms with van der Waals surface area (Å²) < 4.78 is 0. The van der Waals surface area contributed by atoms with Crippen LogP contribution in [0.5, 0.6) is 0 Å². The van der Waals surface area contributed by atoms with Gasteiger partial charge in [-0.3, -0.25) is 19.3 Å². The molecule has 1 unspecified atom stereocenters. The summed E-state index contributed by atoms with van der Waals surface area (Å²) in [5, 5.41) is 6.00. The third-order valence-corrected chi connectivity index (χ3v) is 7.03. The number of imide groups is 1. The molecule has 0 saturated carbocycles. The maximum atomic E-state index is 13.0. The largest absolute Gasteiger partial charge is 0.354 e.